The number of nitrogens with zero attached hydrogens (tertiary/aromatic N) is 1. The number of anilines is 1. The van der Waals surface area contributed by atoms with Crippen LogP contribution in [0.2, 0.25) is 0 Å². The highest BCUT2D eigenvalue weighted by atomic mass is 16.7. The van der Waals surface area contributed by atoms with Crippen LogP contribution >= 0.6 is 0 Å². The number of hydrogen-bond donors (Lipinski definition) is 4. The molecule has 0 bridgehead atoms. The van der Waals surface area contributed by atoms with Gasteiger partial charge in [0, 0.05) is 43.1 Å². The fourth-order valence-corrected chi connectivity index (χ4v) is 5.81. The Morgan fingerprint density at radius 2 is 1.54 bits per heavy atom. The van der Waals surface area contributed by atoms with Gasteiger partial charge in [-0.15, -0.1) is 0 Å². The molecule has 4 atom stereocenters. The van der Waals surface area contributed by atoms with Crippen LogP contribution < -0.4 is 10.8 Å². The van der Waals surface area contributed by atoms with Gasteiger partial charge in [0.15, 0.2) is 6.29 Å². The van der Waals surface area contributed by atoms with E-state index in [9.17, 15) is 14.7 Å². The minimum Gasteiger partial charge on any atom is -0.392 e. The lowest BCUT2D eigenvalue weighted by Crippen LogP contribution is -2.38. The van der Waals surface area contributed by atoms with Crippen molar-refractivity contribution in [3.8, 4) is 0 Å². The van der Waals surface area contributed by atoms with E-state index in [0.29, 0.717) is 31.5 Å². The molecular formula is C37H43N3O6. The summed E-state index contributed by atoms with van der Waals surface area (Å²) in [7, 11) is 2.12. The molecule has 0 spiro atoms. The summed E-state index contributed by atoms with van der Waals surface area (Å²) < 4.78 is 13.1. The highest BCUT2D eigenvalue weighted by Crippen LogP contribution is 2.39. The molecule has 2 amide bonds. The molecule has 0 unspecified atom stereocenters. The van der Waals surface area contributed by atoms with Gasteiger partial charge in [-0.25, -0.2) is 5.48 Å². The van der Waals surface area contributed by atoms with Crippen molar-refractivity contribution in [2.75, 3.05) is 18.9 Å². The number of fused-ring (bicyclic) bond motifs is 1. The van der Waals surface area contributed by atoms with Gasteiger partial charge in [0.05, 0.1) is 18.8 Å². The lowest BCUT2D eigenvalue weighted by molar-refractivity contribution is -0.253. The maximum Gasteiger partial charge on any atom is 0.243 e. The zero-order valence-corrected chi connectivity index (χ0v) is 26.4. The predicted octanol–water partition coefficient (Wildman–Crippen LogP) is 6.57. The van der Waals surface area contributed by atoms with Crippen molar-refractivity contribution in [3.63, 3.8) is 0 Å². The van der Waals surface area contributed by atoms with Crippen molar-refractivity contribution in [1.29, 1.82) is 0 Å². The number of carbonyl (C=O) groups is 2. The standard InChI is InChI=1S/C37H43N3O6/c1-25(30-16-15-27-7-3-4-8-31(27)21-30)40(2)23-33-22-34(28-13-11-26(24-41)12-14-28)46-37(45-33)29-17-19-32(20-18-29)38-35(42)9-5-6-10-36(43)39-44/h3-4,7-8,11-21,25,33-34,37,41,44H,5-6,9-10,22-24H2,1-2H3,(H,38,42)(H,39,43)/t25-,33+,34-,37-/m1/s1. The van der Waals surface area contributed by atoms with E-state index in [-0.39, 0.29) is 43.6 Å². The number of nitrogens with one attached hydrogen (secondary N) is 2. The zero-order chi connectivity index (χ0) is 32.5. The van der Waals surface area contributed by atoms with E-state index in [0.717, 1.165) is 16.7 Å². The van der Waals surface area contributed by atoms with E-state index >= 15 is 0 Å². The topological polar surface area (TPSA) is 120 Å². The third kappa shape index (κ3) is 8.78. The highest BCUT2D eigenvalue weighted by Gasteiger charge is 2.33. The molecule has 4 aromatic carbocycles. The first-order chi connectivity index (χ1) is 22.3. The number of carbonyl (C=O) groups excluding carboxylic acids is 2. The van der Waals surface area contributed by atoms with E-state index in [4.69, 9.17) is 14.7 Å². The molecule has 1 aliphatic rings. The first kappa shape index (κ1) is 33.2. The number of rotatable bonds is 13. The average molecular weight is 626 g/mol. The van der Waals surface area contributed by atoms with E-state index in [1.165, 1.54) is 16.3 Å². The molecule has 0 aromatic heterocycles. The van der Waals surface area contributed by atoms with Gasteiger partial charge in [0.25, 0.3) is 0 Å². The summed E-state index contributed by atoms with van der Waals surface area (Å²) in [6.07, 6.45) is 1.26. The van der Waals surface area contributed by atoms with Gasteiger partial charge in [-0.1, -0.05) is 72.8 Å². The second-order valence-electron chi connectivity index (χ2n) is 12.0. The van der Waals surface area contributed by atoms with Gasteiger partial charge in [-0.3, -0.25) is 19.7 Å². The monoisotopic (exact) mass is 625 g/mol. The first-order valence-electron chi connectivity index (χ1n) is 15.8. The van der Waals surface area contributed by atoms with Gasteiger partial charge >= 0.3 is 0 Å². The number of likely N-dealkylation sites (N-methyl/N-ethyl adjacent to an activating group) is 1. The Hall–Kier alpha value is -4.12. The Labute approximate surface area is 270 Å². The molecule has 1 heterocycles. The summed E-state index contributed by atoms with van der Waals surface area (Å²) in [5.74, 6) is -0.599. The summed E-state index contributed by atoms with van der Waals surface area (Å²) in [6.45, 7) is 2.90. The van der Waals surface area contributed by atoms with Crippen molar-refractivity contribution >= 4 is 28.3 Å². The highest BCUT2D eigenvalue weighted by molar-refractivity contribution is 5.90. The molecule has 4 aromatic rings. The first-order valence-corrected chi connectivity index (χ1v) is 15.8. The number of aliphatic hydroxyl groups is 1. The van der Waals surface area contributed by atoms with Crippen molar-refractivity contribution in [2.45, 2.75) is 70.2 Å². The lowest BCUT2D eigenvalue weighted by Gasteiger charge is -2.39. The molecule has 1 saturated heterocycles. The molecule has 0 aliphatic carbocycles. The van der Waals surface area contributed by atoms with Gasteiger partial charge in [0.1, 0.15) is 0 Å². The zero-order valence-electron chi connectivity index (χ0n) is 26.4. The number of hydrogen-bond acceptors (Lipinski definition) is 7. The van der Waals surface area contributed by atoms with Gasteiger partial charge in [-0.05, 0) is 72.5 Å². The van der Waals surface area contributed by atoms with Crippen LogP contribution in [0.1, 0.15) is 79.7 Å². The van der Waals surface area contributed by atoms with Crippen LogP contribution in [0.4, 0.5) is 5.69 Å². The molecule has 4 N–H and O–H groups in total. The summed E-state index contributed by atoms with van der Waals surface area (Å²) in [5, 5.41) is 23.5. The molecule has 46 heavy (non-hydrogen) atoms. The second-order valence-corrected chi connectivity index (χ2v) is 12.0. The van der Waals surface area contributed by atoms with Gasteiger partial charge in [0.2, 0.25) is 11.8 Å². The molecule has 242 valence electrons. The van der Waals surface area contributed by atoms with Crippen molar-refractivity contribution in [1.82, 2.24) is 10.4 Å². The Morgan fingerprint density at radius 3 is 2.24 bits per heavy atom. The maximum atomic E-state index is 12.4. The second kappa shape index (κ2) is 15.9. The van der Waals surface area contributed by atoms with E-state index in [1.54, 1.807) is 5.48 Å². The minimum absolute atomic E-state index is 0.0125. The average Bonchev–Trinajstić information content (AvgIpc) is 3.09. The number of unbranched alkanes of at least 4 members (excludes halogenated alkanes) is 1. The Bertz CT molecular complexity index is 1590. The minimum atomic E-state index is -0.604. The van der Waals surface area contributed by atoms with Crippen molar-refractivity contribution in [3.05, 3.63) is 113 Å². The quantitative estimate of drug-likeness (QED) is 0.0753. The third-order valence-electron chi connectivity index (χ3n) is 8.67. The fourth-order valence-electron chi connectivity index (χ4n) is 5.81. The molecule has 9 heteroatoms. The van der Waals surface area contributed by atoms with Crippen LogP contribution in [0, 0.1) is 0 Å². The molecule has 0 radical (unpaired) electrons. The Balaban J connectivity index is 1.26. The van der Waals surface area contributed by atoms with E-state index in [1.807, 2.05) is 48.5 Å². The van der Waals surface area contributed by atoms with Crippen molar-refractivity contribution in [2.24, 2.45) is 0 Å². The van der Waals surface area contributed by atoms with Crippen LogP contribution in [0.3, 0.4) is 0 Å². The summed E-state index contributed by atoms with van der Waals surface area (Å²) in [5.41, 5.74) is 6.23. The number of benzene rings is 4. The SMILES string of the molecule is C[C@H](c1ccc2ccccc2c1)N(C)C[C@@H]1C[C@H](c2ccc(CO)cc2)O[C@H](c2ccc(NC(=O)CCCCC(=O)NO)cc2)O1. The molecule has 1 aliphatic heterocycles. The fraction of sp³-hybridized carbons (Fsp3) is 0.351. The van der Waals surface area contributed by atoms with Crippen LogP contribution in [-0.4, -0.2) is 46.7 Å². The third-order valence-corrected chi connectivity index (χ3v) is 8.67. The molecule has 0 saturated carbocycles. The number of hydroxylamine groups is 1. The van der Waals surface area contributed by atoms with E-state index in [2.05, 4.69) is 66.7 Å². The summed E-state index contributed by atoms with van der Waals surface area (Å²) in [4.78, 5) is 25.9. The maximum absolute atomic E-state index is 12.4. The molecule has 9 nitrogen and oxygen atoms in total. The van der Waals surface area contributed by atoms with Crippen LogP contribution in [-0.2, 0) is 25.7 Å². The summed E-state index contributed by atoms with van der Waals surface area (Å²) in [6, 6.07) is 30.5. The predicted molar refractivity (Wildman–Crippen MR) is 177 cm³/mol. The van der Waals surface area contributed by atoms with Gasteiger partial charge < -0.3 is 19.9 Å². The Kier molecular flexibility index (Phi) is 11.5. The molecule has 1 fully saturated rings. The van der Waals surface area contributed by atoms with Crippen molar-refractivity contribution < 1.29 is 29.4 Å². The number of amides is 2. The normalized spacial score (nSPS) is 18.8. The number of aliphatic hydroxyl groups excluding tert-OH is 1. The lowest BCUT2D eigenvalue weighted by atomic mass is 9.98. The van der Waals surface area contributed by atoms with Crippen LogP contribution in [0.25, 0.3) is 10.8 Å². The Morgan fingerprint density at radius 1 is 0.870 bits per heavy atom. The molecule has 5 rings (SSSR count). The largest absolute Gasteiger partial charge is 0.392 e. The van der Waals surface area contributed by atoms with E-state index < -0.39 is 12.2 Å². The summed E-state index contributed by atoms with van der Waals surface area (Å²) >= 11 is 0. The van der Waals surface area contributed by atoms with Crippen LogP contribution in [0.15, 0.2) is 91.0 Å². The van der Waals surface area contributed by atoms with Crippen LogP contribution in [0.5, 0.6) is 0 Å². The van der Waals surface area contributed by atoms with Gasteiger partial charge in [-0.2, -0.15) is 0 Å². The molecular weight excluding hydrogens is 582 g/mol. The number of ether oxygens (including phenoxy) is 2. The smallest absolute Gasteiger partial charge is 0.243 e.